The van der Waals surface area contributed by atoms with Crippen LogP contribution < -0.4 is 9.64 Å². The van der Waals surface area contributed by atoms with Crippen LogP contribution in [0, 0.1) is 0 Å². The van der Waals surface area contributed by atoms with E-state index in [9.17, 15) is 5.11 Å². The number of benzene rings is 2. The Bertz CT molecular complexity index is 794. The maximum absolute atomic E-state index is 11.1. The summed E-state index contributed by atoms with van der Waals surface area (Å²) in [5, 5.41) is 11.9. The van der Waals surface area contributed by atoms with Gasteiger partial charge in [0.2, 0.25) is 0 Å². The van der Waals surface area contributed by atoms with E-state index in [1.165, 1.54) is 5.56 Å². The number of likely N-dealkylation sites (tertiary alicyclic amines) is 1. The topological polar surface area (TPSA) is 35.9 Å². The first-order valence-corrected chi connectivity index (χ1v) is 11.4. The molecule has 3 rings (SSSR count). The van der Waals surface area contributed by atoms with Crippen molar-refractivity contribution in [1.29, 1.82) is 0 Å². The Morgan fingerprint density at radius 2 is 1.69 bits per heavy atom. The van der Waals surface area contributed by atoms with Crippen LogP contribution in [0.3, 0.4) is 0 Å². The van der Waals surface area contributed by atoms with Crippen LogP contribution in [0.15, 0.2) is 48.5 Å². The number of aliphatic hydroxyl groups is 1. The molecule has 1 aliphatic heterocycles. The van der Waals surface area contributed by atoms with Gasteiger partial charge in [0.05, 0.1) is 11.7 Å². The van der Waals surface area contributed by atoms with E-state index in [1.807, 2.05) is 44.2 Å². The SMILES string of the molecule is CC(C)Oc1ccc(N(C)CCC2(O)CCN(CCc3ccccc3Cl)CC2)cc1.Cl.Cl. The average molecular weight is 504 g/mol. The van der Waals surface area contributed by atoms with E-state index in [4.69, 9.17) is 16.3 Å². The third-order valence-corrected chi connectivity index (χ3v) is 6.37. The van der Waals surface area contributed by atoms with Crippen LogP contribution in [-0.2, 0) is 6.42 Å². The molecular weight excluding hydrogens is 467 g/mol. The number of hydrogen-bond acceptors (Lipinski definition) is 4. The monoisotopic (exact) mass is 502 g/mol. The molecule has 1 aliphatic rings. The van der Waals surface area contributed by atoms with Gasteiger partial charge in [0, 0.05) is 43.9 Å². The van der Waals surface area contributed by atoms with Crippen LogP contribution in [0.25, 0.3) is 0 Å². The van der Waals surface area contributed by atoms with Crippen molar-refractivity contribution in [1.82, 2.24) is 4.90 Å². The molecule has 0 atom stereocenters. The largest absolute Gasteiger partial charge is 0.491 e. The lowest BCUT2D eigenvalue weighted by Gasteiger charge is -2.39. The maximum atomic E-state index is 11.1. The molecule has 180 valence electrons. The predicted molar refractivity (Wildman–Crippen MR) is 140 cm³/mol. The number of nitrogens with zero attached hydrogens (tertiary/aromatic N) is 2. The van der Waals surface area contributed by atoms with Crippen LogP contribution in [0.4, 0.5) is 5.69 Å². The number of rotatable bonds is 9. The summed E-state index contributed by atoms with van der Waals surface area (Å²) < 4.78 is 5.71. The number of hydrogen-bond donors (Lipinski definition) is 1. The van der Waals surface area contributed by atoms with Gasteiger partial charge >= 0.3 is 0 Å². The lowest BCUT2D eigenvalue weighted by atomic mass is 9.88. The molecule has 1 fully saturated rings. The van der Waals surface area contributed by atoms with Crippen molar-refractivity contribution in [2.24, 2.45) is 0 Å². The first kappa shape index (κ1) is 28.9. The van der Waals surface area contributed by atoms with Crippen molar-refractivity contribution in [2.45, 2.75) is 51.2 Å². The number of piperidine rings is 1. The van der Waals surface area contributed by atoms with E-state index in [0.717, 1.165) is 68.3 Å². The highest BCUT2D eigenvalue weighted by Crippen LogP contribution is 2.28. The van der Waals surface area contributed by atoms with Gasteiger partial charge in [-0.25, -0.2) is 0 Å². The quantitative estimate of drug-likeness (QED) is 0.464. The predicted octanol–water partition coefficient (Wildman–Crippen LogP) is 5.87. The zero-order chi connectivity index (χ0) is 21.6. The molecule has 0 amide bonds. The molecule has 1 heterocycles. The zero-order valence-electron chi connectivity index (χ0n) is 19.3. The zero-order valence-corrected chi connectivity index (χ0v) is 21.7. The summed E-state index contributed by atoms with van der Waals surface area (Å²) in [7, 11) is 2.08. The summed E-state index contributed by atoms with van der Waals surface area (Å²) in [5.41, 5.74) is 1.77. The molecule has 7 heteroatoms. The van der Waals surface area contributed by atoms with E-state index in [1.54, 1.807) is 0 Å². The van der Waals surface area contributed by atoms with Gasteiger partial charge in [0.1, 0.15) is 5.75 Å². The molecular formula is C25H37Cl3N2O2. The molecule has 0 aliphatic carbocycles. The number of anilines is 1. The highest BCUT2D eigenvalue weighted by Gasteiger charge is 2.32. The van der Waals surface area contributed by atoms with Crippen LogP contribution in [-0.4, -0.2) is 54.9 Å². The Morgan fingerprint density at radius 1 is 1.06 bits per heavy atom. The second-order valence-electron chi connectivity index (χ2n) is 8.74. The maximum Gasteiger partial charge on any atom is 0.119 e. The summed E-state index contributed by atoms with van der Waals surface area (Å²) in [6.07, 6.45) is 3.57. The molecule has 0 saturated carbocycles. The molecule has 1 N–H and O–H groups in total. The lowest BCUT2D eigenvalue weighted by Crippen LogP contribution is -2.46. The van der Waals surface area contributed by atoms with Crippen molar-refractivity contribution in [3.63, 3.8) is 0 Å². The van der Waals surface area contributed by atoms with Crippen molar-refractivity contribution < 1.29 is 9.84 Å². The molecule has 2 aromatic rings. The van der Waals surface area contributed by atoms with E-state index >= 15 is 0 Å². The van der Waals surface area contributed by atoms with Gasteiger partial charge in [-0.1, -0.05) is 29.8 Å². The lowest BCUT2D eigenvalue weighted by molar-refractivity contribution is -0.0254. The van der Waals surface area contributed by atoms with E-state index in [0.29, 0.717) is 0 Å². The van der Waals surface area contributed by atoms with Crippen molar-refractivity contribution >= 4 is 42.1 Å². The second kappa shape index (κ2) is 13.5. The van der Waals surface area contributed by atoms with Crippen LogP contribution in [0.5, 0.6) is 5.75 Å². The summed E-state index contributed by atoms with van der Waals surface area (Å²) in [4.78, 5) is 4.65. The van der Waals surface area contributed by atoms with Gasteiger partial charge in [0.15, 0.2) is 0 Å². The molecule has 1 saturated heterocycles. The minimum absolute atomic E-state index is 0. The summed E-state index contributed by atoms with van der Waals surface area (Å²) >= 11 is 6.27. The van der Waals surface area contributed by atoms with Gasteiger partial charge < -0.3 is 19.6 Å². The van der Waals surface area contributed by atoms with Crippen LogP contribution in [0.1, 0.15) is 38.7 Å². The minimum Gasteiger partial charge on any atom is -0.491 e. The number of ether oxygens (including phenoxy) is 1. The Morgan fingerprint density at radius 3 is 2.28 bits per heavy atom. The highest BCUT2D eigenvalue weighted by molar-refractivity contribution is 6.31. The van der Waals surface area contributed by atoms with Crippen molar-refractivity contribution in [3.05, 3.63) is 59.1 Å². The third kappa shape index (κ3) is 8.64. The fourth-order valence-electron chi connectivity index (χ4n) is 3.98. The molecule has 2 aromatic carbocycles. The van der Waals surface area contributed by atoms with Crippen LogP contribution in [0.2, 0.25) is 5.02 Å². The van der Waals surface area contributed by atoms with E-state index < -0.39 is 5.60 Å². The minimum atomic E-state index is -0.574. The van der Waals surface area contributed by atoms with E-state index in [2.05, 4.69) is 35.0 Å². The Hall–Kier alpha value is -1.17. The molecule has 32 heavy (non-hydrogen) atoms. The molecule has 0 aromatic heterocycles. The third-order valence-electron chi connectivity index (χ3n) is 6.00. The standard InChI is InChI=1S/C25H35ClN2O2.2ClH/c1-20(2)30-23-10-8-22(9-11-23)27(3)17-13-25(29)14-18-28(19-15-25)16-12-21-6-4-5-7-24(21)26;;/h4-11,20,29H,12-19H2,1-3H3;2*1H. The summed E-state index contributed by atoms with van der Waals surface area (Å²) in [6.45, 7) is 7.76. The normalized spacial score (nSPS) is 15.6. The fourth-order valence-corrected chi connectivity index (χ4v) is 4.21. The highest BCUT2D eigenvalue weighted by atomic mass is 35.5. The molecule has 0 spiro atoms. The average Bonchev–Trinajstić information content (AvgIpc) is 2.73. The first-order valence-electron chi connectivity index (χ1n) is 11.0. The summed E-state index contributed by atoms with van der Waals surface area (Å²) in [5.74, 6) is 0.893. The Kier molecular flexibility index (Phi) is 12.2. The molecule has 0 bridgehead atoms. The van der Waals surface area contributed by atoms with Gasteiger partial charge in [-0.05, 0) is 75.4 Å². The van der Waals surface area contributed by atoms with Gasteiger partial charge in [0.25, 0.3) is 0 Å². The first-order chi connectivity index (χ1) is 14.3. The van der Waals surface area contributed by atoms with Crippen LogP contribution >= 0.6 is 36.4 Å². The Balaban J connectivity index is 0.00000256. The van der Waals surface area contributed by atoms with Gasteiger partial charge in [-0.3, -0.25) is 0 Å². The summed E-state index contributed by atoms with van der Waals surface area (Å²) in [6, 6.07) is 16.2. The molecule has 4 nitrogen and oxygen atoms in total. The van der Waals surface area contributed by atoms with Gasteiger partial charge in [-0.15, -0.1) is 24.8 Å². The molecule has 0 unspecified atom stereocenters. The van der Waals surface area contributed by atoms with Gasteiger partial charge in [-0.2, -0.15) is 0 Å². The van der Waals surface area contributed by atoms with E-state index in [-0.39, 0.29) is 30.9 Å². The number of halogens is 3. The Labute approximate surface area is 210 Å². The van der Waals surface area contributed by atoms with Crippen molar-refractivity contribution in [2.75, 3.05) is 38.1 Å². The smallest absolute Gasteiger partial charge is 0.119 e. The second-order valence-corrected chi connectivity index (χ2v) is 9.15. The molecule has 0 radical (unpaired) electrons. The van der Waals surface area contributed by atoms with Crippen molar-refractivity contribution in [3.8, 4) is 5.75 Å². The fraction of sp³-hybridized carbons (Fsp3) is 0.520.